The van der Waals surface area contributed by atoms with Crippen molar-refractivity contribution in [3.63, 3.8) is 0 Å². The van der Waals surface area contributed by atoms with Gasteiger partial charge >= 0.3 is 17.9 Å². The first-order valence-corrected chi connectivity index (χ1v) is 28.0. The van der Waals surface area contributed by atoms with Crippen molar-refractivity contribution in [2.45, 2.75) is 252 Å². The zero-order valence-corrected chi connectivity index (χ0v) is 44.1. The number of ether oxygens (including phenoxy) is 3. The molecule has 0 N–H and O–H groups in total. The summed E-state index contributed by atoms with van der Waals surface area (Å²) in [7, 11) is 0. The minimum atomic E-state index is -0.818. The van der Waals surface area contributed by atoms with Crippen LogP contribution in [0, 0.1) is 0 Å². The van der Waals surface area contributed by atoms with Gasteiger partial charge in [-0.05, 0) is 83.5 Å². The fourth-order valence-electron chi connectivity index (χ4n) is 7.40. The monoisotopic (exact) mass is 943 g/mol. The molecule has 1 atom stereocenters. The van der Waals surface area contributed by atoms with Crippen LogP contribution in [0.1, 0.15) is 245 Å². The molecule has 0 aromatic rings. The highest BCUT2D eigenvalue weighted by molar-refractivity contribution is 5.71. The van der Waals surface area contributed by atoms with E-state index in [9.17, 15) is 14.4 Å². The lowest BCUT2D eigenvalue weighted by Crippen LogP contribution is -2.30. The third-order valence-electron chi connectivity index (χ3n) is 11.6. The summed E-state index contributed by atoms with van der Waals surface area (Å²) in [5, 5.41) is 0. The van der Waals surface area contributed by atoms with Gasteiger partial charge in [-0.1, -0.05) is 252 Å². The zero-order valence-electron chi connectivity index (χ0n) is 44.1. The molecule has 0 saturated carbocycles. The van der Waals surface area contributed by atoms with Crippen molar-refractivity contribution in [1.82, 2.24) is 0 Å². The minimum absolute atomic E-state index is 0.109. The largest absolute Gasteiger partial charge is 0.462 e. The molecule has 0 aliphatic rings. The Balaban J connectivity index is 4.49. The second-order valence-electron chi connectivity index (χ2n) is 18.3. The van der Waals surface area contributed by atoms with Crippen molar-refractivity contribution in [3.8, 4) is 0 Å². The molecule has 1 unspecified atom stereocenters. The molecule has 0 radical (unpaired) electrons. The van der Waals surface area contributed by atoms with Gasteiger partial charge in [-0.3, -0.25) is 14.4 Å². The smallest absolute Gasteiger partial charge is 0.306 e. The number of rotatable bonds is 49. The molecule has 0 heterocycles. The molecule has 6 heteroatoms. The van der Waals surface area contributed by atoms with Gasteiger partial charge in [-0.15, -0.1) is 0 Å². The van der Waals surface area contributed by atoms with Crippen molar-refractivity contribution in [2.24, 2.45) is 0 Å². The molecule has 386 valence electrons. The Morgan fingerprint density at radius 3 is 1.13 bits per heavy atom. The highest BCUT2D eigenvalue weighted by atomic mass is 16.6. The van der Waals surface area contributed by atoms with Crippen LogP contribution in [0.15, 0.2) is 109 Å². The molecule has 0 rings (SSSR count). The number of unbranched alkanes of at least 4 members (excludes halogenated alkanes) is 25. The van der Waals surface area contributed by atoms with Gasteiger partial charge in [-0.2, -0.15) is 0 Å². The molecular formula is C62H102O6. The van der Waals surface area contributed by atoms with E-state index in [0.717, 1.165) is 77.0 Å². The summed E-state index contributed by atoms with van der Waals surface area (Å²) >= 11 is 0. The maximum atomic E-state index is 12.8. The lowest BCUT2D eigenvalue weighted by Gasteiger charge is -2.18. The summed E-state index contributed by atoms with van der Waals surface area (Å²) in [4.78, 5) is 38.1. The third kappa shape index (κ3) is 53.0. The molecule has 0 bridgehead atoms. The van der Waals surface area contributed by atoms with E-state index in [1.54, 1.807) is 0 Å². The van der Waals surface area contributed by atoms with Crippen LogP contribution in [-0.4, -0.2) is 37.2 Å². The fourth-order valence-corrected chi connectivity index (χ4v) is 7.40. The van der Waals surface area contributed by atoms with E-state index in [4.69, 9.17) is 14.2 Å². The number of esters is 3. The van der Waals surface area contributed by atoms with Gasteiger partial charge in [0.25, 0.3) is 0 Å². The van der Waals surface area contributed by atoms with E-state index >= 15 is 0 Å². The zero-order chi connectivity index (χ0) is 49.3. The summed E-state index contributed by atoms with van der Waals surface area (Å²) < 4.78 is 16.8. The second kappa shape index (κ2) is 55.7. The molecule has 0 amide bonds. The number of hydrogen-bond donors (Lipinski definition) is 0. The topological polar surface area (TPSA) is 78.9 Å². The Hall–Kier alpha value is -3.93. The Morgan fingerprint density at radius 1 is 0.309 bits per heavy atom. The van der Waals surface area contributed by atoms with Crippen molar-refractivity contribution in [1.29, 1.82) is 0 Å². The van der Waals surface area contributed by atoms with Crippen molar-refractivity contribution >= 4 is 17.9 Å². The quantitative estimate of drug-likeness (QED) is 0.0199. The molecule has 0 fully saturated rings. The van der Waals surface area contributed by atoms with Crippen LogP contribution >= 0.6 is 0 Å². The molecule has 6 nitrogen and oxygen atoms in total. The van der Waals surface area contributed by atoms with Gasteiger partial charge in [0, 0.05) is 19.3 Å². The first kappa shape index (κ1) is 64.1. The number of hydrogen-bond acceptors (Lipinski definition) is 6. The summed E-state index contributed by atoms with van der Waals surface area (Å²) in [5.41, 5.74) is 0. The van der Waals surface area contributed by atoms with Crippen LogP contribution in [0.5, 0.6) is 0 Å². The summed E-state index contributed by atoms with van der Waals surface area (Å²) in [5.74, 6) is -1.01. The lowest BCUT2D eigenvalue weighted by atomic mass is 10.1. The Morgan fingerprint density at radius 2 is 0.647 bits per heavy atom. The van der Waals surface area contributed by atoms with Gasteiger partial charge in [-0.25, -0.2) is 0 Å². The fraction of sp³-hybridized carbons (Fsp3) is 0.661. The lowest BCUT2D eigenvalue weighted by molar-refractivity contribution is -0.166. The van der Waals surface area contributed by atoms with E-state index in [0.29, 0.717) is 12.8 Å². The molecule has 0 aliphatic heterocycles. The van der Waals surface area contributed by atoms with Gasteiger partial charge in [0.15, 0.2) is 6.10 Å². The van der Waals surface area contributed by atoms with E-state index in [-0.39, 0.29) is 44.0 Å². The SMILES string of the molecule is CCC\C=C/C=C\C=C/C=C\C=C/CCCCCCCC(=O)OC(COC(=O)CC/C=C\C/C=C\CCCCCCCC)COC(=O)CCCCCCCCCCCC/C=C\C=C/CCCCC. The first-order chi connectivity index (χ1) is 33.5. The van der Waals surface area contributed by atoms with Gasteiger partial charge < -0.3 is 14.2 Å². The standard InChI is InChI=1S/C62H102O6/c1-4-7-10-13-16-19-22-25-27-29-31-33-34-37-40-43-46-49-52-55-61(64)67-58-59(57-66-60(63)54-51-48-45-42-39-36-24-21-18-15-12-9-6-3)68-62(65)56-53-50-47-44-41-38-35-32-30-28-26-23-20-17-14-11-8-5-2/h11,14,16-17,19-20,22-23,25-26,28,30,32,35-36,39,45,48,59H,4-10,12-13,15,18,21,24,27,29,31,33-34,37-38,40-44,46-47,49-58H2,1-3H3/b14-11-,19-16-,20-17-,25-22-,26-23-,30-28-,35-32-,39-36-,48-45-. The van der Waals surface area contributed by atoms with Crippen molar-refractivity contribution < 1.29 is 28.6 Å². The maximum absolute atomic E-state index is 12.8. The van der Waals surface area contributed by atoms with E-state index in [1.807, 2.05) is 30.4 Å². The third-order valence-corrected chi connectivity index (χ3v) is 11.6. The van der Waals surface area contributed by atoms with Gasteiger partial charge in [0.05, 0.1) is 0 Å². The maximum Gasteiger partial charge on any atom is 0.306 e. The van der Waals surface area contributed by atoms with Crippen LogP contribution < -0.4 is 0 Å². The molecule has 0 saturated heterocycles. The Bertz CT molecular complexity index is 1410. The highest BCUT2D eigenvalue weighted by Gasteiger charge is 2.19. The number of carbonyl (C=O) groups excluding carboxylic acids is 3. The second-order valence-corrected chi connectivity index (χ2v) is 18.3. The average Bonchev–Trinajstić information content (AvgIpc) is 3.34. The predicted molar refractivity (Wildman–Crippen MR) is 293 cm³/mol. The van der Waals surface area contributed by atoms with E-state index < -0.39 is 6.10 Å². The molecule has 0 aliphatic carbocycles. The van der Waals surface area contributed by atoms with Crippen LogP contribution in [0.25, 0.3) is 0 Å². The van der Waals surface area contributed by atoms with Crippen LogP contribution in [0.3, 0.4) is 0 Å². The van der Waals surface area contributed by atoms with Gasteiger partial charge in [0.2, 0.25) is 0 Å². The number of carbonyl (C=O) groups is 3. The van der Waals surface area contributed by atoms with E-state index in [2.05, 4.69) is 99.8 Å². The minimum Gasteiger partial charge on any atom is -0.462 e. The summed E-state index contributed by atoms with van der Waals surface area (Å²) in [6, 6.07) is 0. The van der Waals surface area contributed by atoms with Crippen LogP contribution in [-0.2, 0) is 28.6 Å². The first-order valence-electron chi connectivity index (χ1n) is 28.0. The average molecular weight is 943 g/mol. The molecule has 0 spiro atoms. The predicted octanol–water partition coefficient (Wildman–Crippen LogP) is 18.7. The molecular weight excluding hydrogens is 841 g/mol. The van der Waals surface area contributed by atoms with Crippen molar-refractivity contribution in [3.05, 3.63) is 109 Å². The molecule has 0 aromatic heterocycles. The van der Waals surface area contributed by atoms with Crippen molar-refractivity contribution in [2.75, 3.05) is 13.2 Å². The van der Waals surface area contributed by atoms with Gasteiger partial charge in [0.1, 0.15) is 13.2 Å². The summed E-state index contributed by atoms with van der Waals surface area (Å²) in [6.07, 6.45) is 75.1. The highest BCUT2D eigenvalue weighted by Crippen LogP contribution is 2.14. The Labute approximate surface area is 419 Å². The molecule has 0 aromatic carbocycles. The summed E-state index contributed by atoms with van der Waals surface area (Å²) in [6.45, 7) is 6.44. The van der Waals surface area contributed by atoms with Crippen LogP contribution in [0.4, 0.5) is 0 Å². The normalized spacial score (nSPS) is 12.9. The number of allylic oxidation sites excluding steroid dienone is 18. The Kier molecular flexibility index (Phi) is 52.4. The molecule has 68 heavy (non-hydrogen) atoms. The van der Waals surface area contributed by atoms with Crippen LogP contribution in [0.2, 0.25) is 0 Å². The van der Waals surface area contributed by atoms with E-state index in [1.165, 1.54) is 122 Å².